The standard InChI is InChI=1S/C24H28N4O3.C23H27N5O3.2C22H25N5O4/c1-16-5-6-20(14-25-16)23-21(18(3)31-28-23)15-30-22-8-7-19(13-26-22)17(2)27-24(4)9-11-29-12-10-24;1-15-5-6-18(13-24-15)22-19(17(3)31-28-22)14-30-21-8-7-20(26-27-21)16(2)25-23(4)9-11-29-12-10-23;1-13-10-19(21(28)24-17-6-8-29-9-7-17)25-26-22(13)30-12-18-15(3)31-27-20(18)16-5-4-14(2)23-11-16;1-13-10-19(25-26-20(13)22(28)24-17-6-8-29-9-7-17)30-12-18-15(3)31-27-21(18)16-5-4-14(2)23-11-16/h5-8,13-14,27H,2,9-12,15H2,1,3-4H3;5-8,13,25H,2,9-12,14H2,1,3-4H3;2*4-5,10-11,17H,6-9,12H2,1-3H3,(H,24,28). The first-order chi connectivity index (χ1) is 59.9. The Balaban J connectivity index is 0.000000142. The van der Waals surface area contributed by atoms with Gasteiger partial charge in [0.1, 0.15) is 77.9 Å². The summed E-state index contributed by atoms with van der Waals surface area (Å²) in [5.74, 6) is 3.90. The second kappa shape index (κ2) is 41.6. The van der Waals surface area contributed by atoms with Crippen molar-refractivity contribution in [2.45, 2.75) is 184 Å². The van der Waals surface area contributed by atoms with Crippen LogP contribution in [0.1, 0.15) is 177 Å². The lowest BCUT2D eigenvalue weighted by molar-refractivity contribution is 0.0513. The van der Waals surface area contributed by atoms with Crippen LogP contribution in [0.2, 0.25) is 0 Å². The van der Waals surface area contributed by atoms with Crippen molar-refractivity contribution in [3.63, 3.8) is 0 Å². The van der Waals surface area contributed by atoms with E-state index in [0.29, 0.717) is 102 Å². The molecule has 0 spiro atoms. The summed E-state index contributed by atoms with van der Waals surface area (Å²) in [7, 11) is 0. The van der Waals surface area contributed by atoms with E-state index >= 15 is 0 Å². The molecule has 16 heterocycles. The molecule has 124 heavy (non-hydrogen) atoms. The van der Waals surface area contributed by atoms with Crippen LogP contribution in [0.5, 0.6) is 23.5 Å². The highest BCUT2D eigenvalue weighted by Crippen LogP contribution is 2.33. The number of hydrogen-bond donors (Lipinski definition) is 4. The van der Waals surface area contributed by atoms with Gasteiger partial charge in [-0.15, -0.1) is 30.6 Å². The van der Waals surface area contributed by atoms with Crippen LogP contribution in [0.4, 0.5) is 0 Å². The zero-order valence-corrected chi connectivity index (χ0v) is 72.1. The van der Waals surface area contributed by atoms with Crippen LogP contribution in [0.25, 0.3) is 56.4 Å². The van der Waals surface area contributed by atoms with Crippen LogP contribution in [-0.4, -0.2) is 164 Å². The molecule has 33 heteroatoms. The Hall–Kier alpha value is -13.1. The van der Waals surface area contributed by atoms with Crippen molar-refractivity contribution >= 4 is 23.2 Å². The van der Waals surface area contributed by atoms with Gasteiger partial charge in [0.15, 0.2) is 11.4 Å². The second-order valence-electron chi connectivity index (χ2n) is 31.5. The van der Waals surface area contributed by atoms with E-state index in [4.69, 9.17) is 56.0 Å². The number of rotatable bonds is 26. The fourth-order valence-electron chi connectivity index (χ4n) is 13.8. The van der Waals surface area contributed by atoms with E-state index in [2.05, 4.69) is 124 Å². The number of aromatic nitrogens is 15. The molecule has 0 bridgehead atoms. The Labute approximate surface area is 719 Å². The highest BCUT2D eigenvalue weighted by molar-refractivity contribution is 5.94. The van der Waals surface area contributed by atoms with E-state index in [1.54, 1.807) is 49.2 Å². The summed E-state index contributed by atoms with van der Waals surface area (Å²) < 4.78 is 66.6. The Bertz CT molecular complexity index is 5390. The summed E-state index contributed by atoms with van der Waals surface area (Å²) >= 11 is 0. The molecule has 0 aromatic carbocycles. The van der Waals surface area contributed by atoms with Gasteiger partial charge in [0, 0.05) is 187 Å². The molecule has 4 aliphatic heterocycles. The average molecular weight is 1690 g/mol. The van der Waals surface area contributed by atoms with Gasteiger partial charge in [-0.3, -0.25) is 29.5 Å². The van der Waals surface area contributed by atoms with Crippen molar-refractivity contribution in [3.05, 3.63) is 231 Å². The molecule has 0 aliphatic carbocycles. The Morgan fingerprint density at radius 3 is 1.17 bits per heavy atom. The summed E-state index contributed by atoms with van der Waals surface area (Å²) in [6.07, 6.45) is 15.8. The number of aryl methyl sites for hydroxylation is 10. The molecule has 4 N–H and O–H groups in total. The molecule has 16 rings (SSSR count). The zero-order valence-electron chi connectivity index (χ0n) is 72.1. The number of amides is 2. The van der Waals surface area contributed by atoms with Crippen molar-refractivity contribution in [2.24, 2.45) is 0 Å². The summed E-state index contributed by atoms with van der Waals surface area (Å²) in [6.45, 7) is 38.1. The molecular formula is C91H105N19O14. The Morgan fingerprint density at radius 2 is 0.774 bits per heavy atom. The Kier molecular flexibility index (Phi) is 29.8. The van der Waals surface area contributed by atoms with Gasteiger partial charge in [-0.2, -0.15) is 0 Å². The summed E-state index contributed by atoms with van der Waals surface area (Å²) in [5.41, 5.74) is 18.6. The smallest absolute Gasteiger partial charge is 0.272 e. The van der Waals surface area contributed by atoms with Crippen LogP contribution in [-0.2, 0) is 45.4 Å². The highest BCUT2D eigenvalue weighted by Gasteiger charge is 2.31. The van der Waals surface area contributed by atoms with Crippen LogP contribution in [0.3, 0.4) is 0 Å². The van der Waals surface area contributed by atoms with E-state index < -0.39 is 0 Å². The van der Waals surface area contributed by atoms with E-state index in [-0.39, 0.29) is 60.5 Å². The molecular weight excluding hydrogens is 1580 g/mol. The largest absolute Gasteiger partial charge is 0.473 e. The summed E-state index contributed by atoms with van der Waals surface area (Å²) in [4.78, 5) is 46.8. The van der Waals surface area contributed by atoms with E-state index in [1.165, 1.54) is 0 Å². The quantitative estimate of drug-likeness (QED) is 0.0391. The maximum atomic E-state index is 12.5. The number of carbonyl (C=O) groups excluding carboxylic acids is 2. The van der Waals surface area contributed by atoms with Crippen LogP contribution in [0.15, 0.2) is 147 Å². The monoisotopic (exact) mass is 1690 g/mol. The van der Waals surface area contributed by atoms with Crippen molar-refractivity contribution in [1.82, 2.24) is 97.4 Å². The first kappa shape index (κ1) is 88.7. The minimum atomic E-state index is -0.238. The lowest BCUT2D eigenvalue weighted by Crippen LogP contribution is -2.45. The number of ether oxygens (including phenoxy) is 8. The van der Waals surface area contributed by atoms with Crippen LogP contribution < -0.4 is 40.2 Å². The van der Waals surface area contributed by atoms with E-state index in [0.717, 1.165) is 185 Å². The van der Waals surface area contributed by atoms with Crippen molar-refractivity contribution in [1.29, 1.82) is 0 Å². The van der Waals surface area contributed by atoms with Gasteiger partial charge in [-0.25, -0.2) is 4.98 Å². The third-order valence-corrected chi connectivity index (χ3v) is 21.7. The molecule has 648 valence electrons. The fraction of sp³-hybridized carbons (Fsp3) is 0.396. The molecule has 0 unspecified atom stereocenters. The van der Waals surface area contributed by atoms with Gasteiger partial charge in [-0.1, -0.05) is 33.8 Å². The summed E-state index contributed by atoms with van der Waals surface area (Å²) in [6, 6.07) is 26.6. The SMILES string of the molecule is C=C(NC1(C)CCOCC1)c1ccc(OCc2c(-c3ccc(C)nc3)noc2C)nc1.C=C(NC1(C)CCOCC1)c1ccc(OCc2c(-c3ccc(C)nc3)noc2C)nn1.Cc1ccc(-c2noc(C)c2COc2cc(C)c(C(=O)NC3CCOCC3)nn2)cn1.Cc1ccc(-c2noc(C)c2COc2nnc(C(=O)NC3CCOCC3)cc2C)cn1. The average Bonchev–Trinajstić information content (AvgIpc) is 1.54. The van der Waals surface area contributed by atoms with Crippen molar-refractivity contribution < 1.29 is 65.6 Å². The Morgan fingerprint density at radius 1 is 0.387 bits per heavy atom. The highest BCUT2D eigenvalue weighted by atomic mass is 16.5. The normalized spacial score (nSPS) is 14.9. The minimum Gasteiger partial charge on any atom is -0.473 e. The molecule has 12 aromatic rings. The third kappa shape index (κ3) is 23.8. The van der Waals surface area contributed by atoms with Gasteiger partial charge in [-0.05, 0) is 207 Å². The molecule has 4 fully saturated rings. The molecule has 4 aliphatic rings. The second-order valence-corrected chi connectivity index (χ2v) is 31.5. The number of hydrogen-bond acceptors (Lipinski definition) is 31. The number of nitrogens with one attached hydrogen (secondary N) is 4. The van der Waals surface area contributed by atoms with E-state index in [1.807, 2.05) is 136 Å². The predicted molar refractivity (Wildman–Crippen MR) is 458 cm³/mol. The van der Waals surface area contributed by atoms with Crippen LogP contribution in [0, 0.1) is 69.2 Å². The zero-order chi connectivity index (χ0) is 87.3. The van der Waals surface area contributed by atoms with Gasteiger partial charge >= 0.3 is 0 Å². The lowest BCUT2D eigenvalue weighted by atomic mass is 9.92. The maximum absolute atomic E-state index is 12.5. The molecule has 4 saturated heterocycles. The number of carbonyl (C=O) groups is 2. The molecule has 12 aromatic heterocycles. The van der Waals surface area contributed by atoms with Gasteiger partial charge in [0.05, 0.1) is 28.0 Å². The lowest BCUT2D eigenvalue weighted by Gasteiger charge is -2.36. The molecule has 0 radical (unpaired) electrons. The first-order valence-corrected chi connectivity index (χ1v) is 41.3. The molecule has 0 atom stereocenters. The van der Waals surface area contributed by atoms with Gasteiger partial charge < -0.3 is 77.3 Å². The van der Waals surface area contributed by atoms with Gasteiger partial charge in [0.25, 0.3) is 11.8 Å². The number of nitrogens with zero attached hydrogens (tertiary/aromatic N) is 15. The molecule has 33 nitrogen and oxygen atoms in total. The fourth-order valence-corrected chi connectivity index (χ4v) is 13.8. The third-order valence-electron chi connectivity index (χ3n) is 21.7. The van der Waals surface area contributed by atoms with Crippen LogP contribution >= 0.6 is 0 Å². The molecule has 2 amide bonds. The van der Waals surface area contributed by atoms with Crippen molar-refractivity contribution in [2.75, 3.05) is 52.9 Å². The summed E-state index contributed by atoms with van der Waals surface area (Å²) in [5, 5.41) is 54.4. The topological polar surface area (TPSA) is 402 Å². The number of pyridine rings is 5. The maximum Gasteiger partial charge on any atom is 0.272 e. The van der Waals surface area contributed by atoms with Crippen molar-refractivity contribution in [3.8, 4) is 68.5 Å². The predicted octanol–water partition coefficient (Wildman–Crippen LogP) is 14.2. The molecule has 0 saturated carbocycles. The minimum absolute atomic E-state index is 0.00243. The van der Waals surface area contributed by atoms with Gasteiger partial charge in [0.2, 0.25) is 23.5 Å². The van der Waals surface area contributed by atoms with E-state index in [9.17, 15) is 9.59 Å². The first-order valence-electron chi connectivity index (χ1n) is 41.3.